The van der Waals surface area contributed by atoms with Crippen LogP contribution in [0.2, 0.25) is 0 Å². The predicted molar refractivity (Wildman–Crippen MR) is 64.9 cm³/mol. The van der Waals surface area contributed by atoms with Crippen LogP contribution < -0.4 is 0 Å². The van der Waals surface area contributed by atoms with E-state index in [-0.39, 0.29) is 5.75 Å². The molecule has 2 heterocycles. The van der Waals surface area contributed by atoms with Crippen LogP contribution in [0.4, 0.5) is 0 Å². The van der Waals surface area contributed by atoms with Gasteiger partial charge in [0, 0.05) is 0 Å². The average Bonchev–Trinajstić information content (AvgIpc) is 3.02. The maximum atomic E-state index is 9.25. The molecule has 3 aromatic rings. The van der Waals surface area contributed by atoms with Crippen LogP contribution in [0.15, 0.2) is 39.3 Å². The van der Waals surface area contributed by atoms with Gasteiger partial charge in [0.2, 0.25) is 5.16 Å². The van der Waals surface area contributed by atoms with Crippen molar-refractivity contribution in [3.05, 3.63) is 29.8 Å². The van der Waals surface area contributed by atoms with Crippen molar-refractivity contribution in [2.75, 3.05) is 0 Å². The second kappa shape index (κ2) is 4.70. The first-order valence-electron chi connectivity index (χ1n) is 4.85. The molecule has 0 atom stereocenters. The molecule has 90 valence electrons. The first kappa shape index (κ1) is 11.1. The van der Waals surface area contributed by atoms with E-state index in [9.17, 15) is 5.11 Å². The third-order valence-corrected chi connectivity index (χ3v) is 3.77. The fraction of sp³-hybridized carbons (Fsp3) is 0. The zero-order valence-corrected chi connectivity index (χ0v) is 10.5. The maximum Gasteiger partial charge on any atom is 0.221 e. The predicted octanol–water partition coefficient (Wildman–Crippen LogP) is 1.37. The number of aromatic hydroxyl groups is 1. The minimum atomic E-state index is 0.199. The summed E-state index contributed by atoms with van der Waals surface area (Å²) < 4.78 is 2.34. The number of tetrazole rings is 1. The first-order chi connectivity index (χ1) is 8.83. The monoisotopic (exact) mass is 278 g/mol. The molecule has 3 rings (SSSR count). The summed E-state index contributed by atoms with van der Waals surface area (Å²) >= 11 is 2.76. The molecule has 0 aliphatic heterocycles. The lowest BCUT2D eigenvalue weighted by Gasteiger charge is -2.02. The van der Waals surface area contributed by atoms with Gasteiger partial charge in [-0.2, -0.15) is 4.68 Å². The van der Waals surface area contributed by atoms with E-state index >= 15 is 0 Å². The summed E-state index contributed by atoms with van der Waals surface area (Å²) in [5.41, 5.74) is 2.42. The largest absolute Gasteiger partial charge is 0.508 e. The Morgan fingerprint density at radius 2 is 2.00 bits per heavy atom. The van der Waals surface area contributed by atoms with Crippen molar-refractivity contribution in [3.8, 4) is 11.4 Å². The van der Waals surface area contributed by atoms with Crippen LogP contribution in [0.3, 0.4) is 0 Å². The Morgan fingerprint density at radius 3 is 2.72 bits per heavy atom. The highest BCUT2D eigenvalue weighted by Gasteiger charge is 2.11. The zero-order valence-electron chi connectivity index (χ0n) is 8.83. The molecule has 7 nitrogen and oxygen atoms in total. The van der Waals surface area contributed by atoms with E-state index in [4.69, 9.17) is 0 Å². The smallest absolute Gasteiger partial charge is 0.221 e. The van der Waals surface area contributed by atoms with Gasteiger partial charge in [0.25, 0.3) is 0 Å². The molecule has 0 fully saturated rings. The Hall–Kier alpha value is -2.00. The van der Waals surface area contributed by atoms with Gasteiger partial charge in [-0.25, -0.2) is 0 Å². The number of rotatable bonds is 3. The Morgan fingerprint density at radius 1 is 1.17 bits per heavy atom. The summed E-state index contributed by atoms with van der Waals surface area (Å²) in [6.07, 6.45) is 0. The Balaban J connectivity index is 1.94. The minimum absolute atomic E-state index is 0.199. The SMILES string of the molecule is Oc1ccc(-n2nnnc2Sc2nncs2)cc1. The summed E-state index contributed by atoms with van der Waals surface area (Å²) in [6.45, 7) is 0. The summed E-state index contributed by atoms with van der Waals surface area (Å²) in [7, 11) is 0. The van der Waals surface area contributed by atoms with Gasteiger partial charge in [-0.3, -0.25) is 0 Å². The van der Waals surface area contributed by atoms with E-state index in [1.54, 1.807) is 34.5 Å². The highest BCUT2D eigenvalue weighted by molar-refractivity contribution is 8.00. The summed E-state index contributed by atoms with van der Waals surface area (Å²) in [5, 5.41) is 29.0. The molecule has 1 N–H and O–H groups in total. The molecule has 18 heavy (non-hydrogen) atoms. The second-order valence-electron chi connectivity index (χ2n) is 3.20. The van der Waals surface area contributed by atoms with Gasteiger partial charge < -0.3 is 5.11 Å². The number of phenolic OH excluding ortho intramolecular Hbond substituents is 1. The number of benzene rings is 1. The summed E-state index contributed by atoms with van der Waals surface area (Å²) in [4.78, 5) is 0. The van der Waals surface area contributed by atoms with Crippen LogP contribution in [0, 0.1) is 0 Å². The molecule has 9 heteroatoms. The Labute approximate surface area is 109 Å². The zero-order chi connectivity index (χ0) is 12.4. The second-order valence-corrected chi connectivity index (χ2v) is 5.24. The van der Waals surface area contributed by atoms with Crippen LogP contribution in [0.1, 0.15) is 0 Å². The molecule has 1 aromatic carbocycles. The van der Waals surface area contributed by atoms with Crippen molar-refractivity contribution < 1.29 is 5.11 Å². The fourth-order valence-electron chi connectivity index (χ4n) is 1.28. The Kier molecular flexibility index (Phi) is 2.90. The molecule has 0 aliphatic rings. The van der Waals surface area contributed by atoms with Crippen molar-refractivity contribution in [1.29, 1.82) is 0 Å². The Bertz CT molecular complexity index is 635. The van der Waals surface area contributed by atoms with Gasteiger partial charge in [-0.1, -0.05) is 11.3 Å². The highest BCUT2D eigenvalue weighted by atomic mass is 32.2. The van der Waals surface area contributed by atoms with Gasteiger partial charge in [0.05, 0.1) is 5.69 Å². The first-order valence-corrected chi connectivity index (χ1v) is 6.54. The topological polar surface area (TPSA) is 89.6 Å². The van der Waals surface area contributed by atoms with Crippen LogP contribution in [0.5, 0.6) is 5.75 Å². The lowest BCUT2D eigenvalue weighted by molar-refractivity contribution is 0.475. The number of aromatic nitrogens is 6. The maximum absolute atomic E-state index is 9.25. The van der Waals surface area contributed by atoms with E-state index in [0.717, 1.165) is 10.0 Å². The molecule has 0 bridgehead atoms. The van der Waals surface area contributed by atoms with Crippen LogP contribution in [-0.2, 0) is 0 Å². The van der Waals surface area contributed by atoms with Crippen LogP contribution >= 0.6 is 23.1 Å². The van der Waals surface area contributed by atoms with Gasteiger partial charge in [0.1, 0.15) is 11.3 Å². The molecule has 0 amide bonds. The van der Waals surface area contributed by atoms with Crippen molar-refractivity contribution in [2.24, 2.45) is 0 Å². The van der Waals surface area contributed by atoms with Crippen LogP contribution in [0.25, 0.3) is 5.69 Å². The molecular formula is C9H6N6OS2. The normalized spacial score (nSPS) is 10.7. The van der Waals surface area contributed by atoms with Gasteiger partial charge in [-0.15, -0.1) is 15.3 Å². The van der Waals surface area contributed by atoms with Gasteiger partial charge in [0.15, 0.2) is 4.34 Å². The fourth-order valence-corrected chi connectivity index (χ4v) is 2.66. The number of hydrogen-bond donors (Lipinski definition) is 1. The highest BCUT2D eigenvalue weighted by Crippen LogP contribution is 2.27. The lowest BCUT2D eigenvalue weighted by Crippen LogP contribution is -1.98. The lowest BCUT2D eigenvalue weighted by atomic mass is 10.3. The standard InChI is InChI=1S/C9H6N6OS2/c16-7-3-1-6(2-4-7)15-8(11-13-14-15)18-9-12-10-5-17-9/h1-5,16H. The summed E-state index contributed by atoms with van der Waals surface area (Å²) in [5.74, 6) is 0.199. The molecule has 0 spiro atoms. The molecule has 0 unspecified atom stereocenters. The van der Waals surface area contributed by atoms with Crippen molar-refractivity contribution in [2.45, 2.75) is 9.50 Å². The van der Waals surface area contributed by atoms with E-state index < -0.39 is 0 Å². The summed E-state index contributed by atoms with van der Waals surface area (Å²) in [6, 6.07) is 6.62. The third kappa shape index (κ3) is 2.17. The van der Waals surface area contributed by atoms with E-state index in [0.29, 0.717) is 5.16 Å². The molecule has 2 aromatic heterocycles. The molecule has 0 saturated heterocycles. The third-order valence-electron chi connectivity index (χ3n) is 2.05. The van der Waals surface area contributed by atoms with Crippen molar-refractivity contribution >= 4 is 23.1 Å². The number of hydrogen-bond acceptors (Lipinski definition) is 8. The van der Waals surface area contributed by atoms with E-state index in [2.05, 4.69) is 25.7 Å². The van der Waals surface area contributed by atoms with E-state index in [1.165, 1.54) is 23.1 Å². The van der Waals surface area contributed by atoms with Crippen molar-refractivity contribution in [1.82, 2.24) is 30.4 Å². The van der Waals surface area contributed by atoms with E-state index in [1.807, 2.05) is 0 Å². The molecule has 0 saturated carbocycles. The molecule has 0 aliphatic carbocycles. The number of nitrogens with zero attached hydrogens (tertiary/aromatic N) is 6. The van der Waals surface area contributed by atoms with Gasteiger partial charge in [-0.05, 0) is 46.5 Å². The average molecular weight is 278 g/mol. The number of phenols is 1. The minimum Gasteiger partial charge on any atom is -0.508 e. The molecular weight excluding hydrogens is 272 g/mol. The molecule has 0 radical (unpaired) electrons. The van der Waals surface area contributed by atoms with Crippen LogP contribution in [-0.4, -0.2) is 35.5 Å². The quantitative estimate of drug-likeness (QED) is 0.773. The van der Waals surface area contributed by atoms with Crippen molar-refractivity contribution in [3.63, 3.8) is 0 Å². The van der Waals surface area contributed by atoms with Gasteiger partial charge >= 0.3 is 0 Å².